The van der Waals surface area contributed by atoms with Gasteiger partial charge in [0.25, 0.3) is 0 Å². The Morgan fingerprint density at radius 1 is 1.20 bits per heavy atom. The van der Waals surface area contributed by atoms with Crippen LogP contribution in [0.1, 0.15) is 41.0 Å². The molecule has 1 aliphatic heterocycles. The van der Waals surface area contributed by atoms with Crippen molar-refractivity contribution in [3.63, 3.8) is 0 Å². The molecule has 0 amide bonds. The highest BCUT2D eigenvalue weighted by molar-refractivity contribution is 6.74. The summed E-state index contributed by atoms with van der Waals surface area (Å²) in [5, 5.41) is 21.3. The summed E-state index contributed by atoms with van der Waals surface area (Å²) in [7, 11) is -1.21. The van der Waals surface area contributed by atoms with Crippen molar-refractivity contribution in [2.75, 3.05) is 7.11 Å². The van der Waals surface area contributed by atoms with Gasteiger partial charge >= 0.3 is 5.97 Å². The maximum absolute atomic E-state index is 12.7. The fraction of sp³-hybridized carbons (Fsp3) is 0.941. The Balaban J connectivity index is 2.45. The molecular weight excluding hydrogens is 344 g/mol. The van der Waals surface area contributed by atoms with Crippen molar-refractivity contribution in [1.29, 1.82) is 0 Å². The van der Waals surface area contributed by atoms with E-state index in [1.54, 1.807) is 13.8 Å². The zero-order valence-corrected chi connectivity index (χ0v) is 17.5. The lowest BCUT2D eigenvalue weighted by Crippen LogP contribution is -2.69. The molecule has 0 bridgehead atoms. The SMILES string of the molecule is COC(=O)[C@]1(O[Si](C)(C)C(C)(C)C)C[C@H]2OC(C)(C)O[C@H]2[C@H](O)[C@@H]1O. The Kier molecular flexibility index (Phi) is 5.22. The van der Waals surface area contributed by atoms with Crippen LogP contribution >= 0.6 is 0 Å². The number of esters is 1. The summed E-state index contributed by atoms with van der Waals surface area (Å²) in [5.41, 5.74) is -1.68. The van der Waals surface area contributed by atoms with Gasteiger partial charge in [0.15, 0.2) is 19.7 Å². The second-order valence-electron chi connectivity index (χ2n) is 9.02. The fourth-order valence-corrected chi connectivity index (χ4v) is 4.82. The molecule has 2 fully saturated rings. The predicted molar refractivity (Wildman–Crippen MR) is 93.5 cm³/mol. The first-order chi connectivity index (χ1) is 11.2. The Labute approximate surface area is 150 Å². The number of aliphatic hydroxyl groups is 2. The van der Waals surface area contributed by atoms with Gasteiger partial charge in [0, 0.05) is 6.42 Å². The van der Waals surface area contributed by atoms with Gasteiger partial charge < -0.3 is 28.8 Å². The maximum atomic E-state index is 12.7. The van der Waals surface area contributed by atoms with Gasteiger partial charge in [-0.15, -0.1) is 0 Å². The van der Waals surface area contributed by atoms with E-state index in [2.05, 4.69) is 0 Å². The molecule has 25 heavy (non-hydrogen) atoms. The number of hydrogen-bond acceptors (Lipinski definition) is 7. The van der Waals surface area contributed by atoms with Crippen molar-refractivity contribution in [3.8, 4) is 0 Å². The van der Waals surface area contributed by atoms with Gasteiger partial charge in [0.1, 0.15) is 18.3 Å². The predicted octanol–water partition coefficient (Wildman–Crippen LogP) is 1.57. The van der Waals surface area contributed by atoms with E-state index in [0.717, 1.165) is 0 Å². The van der Waals surface area contributed by atoms with Crippen LogP contribution in [0.2, 0.25) is 18.1 Å². The molecule has 0 aromatic heterocycles. The van der Waals surface area contributed by atoms with Crippen molar-refractivity contribution in [2.45, 2.75) is 95.0 Å². The minimum Gasteiger partial charge on any atom is -0.467 e. The summed E-state index contributed by atoms with van der Waals surface area (Å²) in [6.07, 6.45) is -4.00. The van der Waals surface area contributed by atoms with E-state index in [-0.39, 0.29) is 11.5 Å². The van der Waals surface area contributed by atoms with E-state index in [9.17, 15) is 15.0 Å². The third-order valence-corrected chi connectivity index (χ3v) is 10.1. The van der Waals surface area contributed by atoms with Gasteiger partial charge in [0.2, 0.25) is 0 Å². The molecule has 2 rings (SSSR count). The van der Waals surface area contributed by atoms with Crippen LogP contribution < -0.4 is 0 Å². The standard InChI is InChI=1S/C17H32O7Si/c1-15(2,3)25(7,8)24-17(14(20)21-6)9-10-12(11(18)13(17)19)23-16(4,5)22-10/h10-13,18-19H,9H2,1-8H3/t10-,11+,12-,13+,17+/m1/s1. The van der Waals surface area contributed by atoms with E-state index in [4.69, 9.17) is 18.6 Å². The van der Waals surface area contributed by atoms with Crippen LogP contribution in [0.5, 0.6) is 0 Å². The van der Waals surface area contributed by atoms with Crippen LogP contribution in [-0.2, 0) is 23.4 Å². The fourth-order valence-electron chi connectivity index (χ4n) is 3.31. The Morgan fingerprint density at radius 3 is 2.24 bits per heavy atom. The molecule has 1 saturated carbocycles. The minimum atomic E-state index is -2.46. The first-order valence-corrected chi connectivity index (χ1v) is 11.6. The molecule has 0 aromatic rings. The normalized spacial score (nSPS) is 38.3. The molecule has 7 nitrogen and oxygen atoms in total. The highest BCUT2D eigenvalue weighted by atomic mass is 28.4. The number of carbonyl (C=O) groups excluding carboxylic acids is 1. The van der Waals surface area contributed by atoms with Gasteiger partial charge in [-0.25, -0.2) is 4.79 Å². The maximum Gasteiger partial charge on any atom is 0.339 e. The third kappa shape index (κ3) is 3.52. The van der Waals surface area contributed by atoms with Gasteiger partial charge in [-0.2, -0.15) is 0 Å². The summed E-state index contributed by atoms with van der Waals surface area (Å²) < 4.78 is 22.9. The van der Waals surface area contributed by atoms with Crippen molar-refractivity contribution in [2.24, 2.45) is 0 Å². The average Bonchev–Trinajstić information content (AvgIpc) is 2.76. The Bertz CT molecular complexity index is 528. The van der Waals surface area contributed by atoms with E-state index in [1.807, 2.05) is 33.9 Å². The first kappa shape index (κ1) is 20.8. The van der Waals surface area contributed by atoms with Crippen molar-refractivity contribution in [3.05, 3.63) is 0 Å². The lowest BCUT2D eigenvalue weighted by Gasteiger charge is -2.50. The number of carbonyl (C=O) groups is 1. The number of rotatable bonds is 3. The lowest BCUT2D eigenvalue weighted by molar-refractivity contribution is -0.209. The summed E-state index contributed by atoms with van der Waals surface area (Å²) >= 11 is 0. The molecule has 0 aromatic carbocycles. The highest BCUT2D eigenvalue weighted by Crippen LogP contribution is 2.47. The molecule has 1 saturated heterocycles. The molecule has 146 valence electrons. The first-order valence-electron chi connectivity index (χ1n) is 8.67. The van der Waals surface area contributed by atoms with Crippen molar-refractivity contribution in [1.82, 2.24) is 0 Å². The second-order valence-corrected chi connectivity index (χ2v) is 13.7. The number of ether oxygens (including phenoxy) is 3. The number of fused-ring (bicyclic) bond motifs is 1. The molecule has 5 atom stereocenters. The van der Waals surface area contributed by atoms with Crippen molar-refractivity contribution >= 4 is 14.3 Å². The molecule has 0 spiro atoms. The quantitative estimate of drug-likeness (QED) is 0.570. The zero-order chi connectivity index (χ0) is 19.4. The molecular formula is C17H32O7Si. The van der Waals surface area contributed by atoms with E-state index < -0.39 is 50.1 Å². The Hall–Kier alpha value is -0.513. The van der Waals surface area contributed by atoms with Crippen LogP contribution in [0.4, 0.5) is 0 Å². The average molecular weight is 377 g/mol. The minimum absolute atomic E-state index is 0.0680. The topological polar surface area (TPSA) is 94.5 Å². The summed E-state index contributed by atoms with van der Waals surface area (Å²) in [5.74, 6) is -1.60. The van der Waals surface area contributed by atoms with E-state index >= 15 is 0 Å². The van der Waals surface area contributed by atoms with E-state index in [1.165, 1.54) is 7.11 Å². The van der Waals surface area contributed by atoms with Crippen LogP contribution in [0, 0.1) is 0 Å². The van der Waals surface area contributed by atoms with E-state index in [0.29, 0.717) is 0 Å². The monoisotopic (exact) mass is 376 g/mol. The molecule has 2 N–H and O–H groups in total. The Morgan fingerprint density at radius 2 is 1.76 bits per heavy atom. The number of methoxy groups -OCH3 is 1. The molecule has 8 heteroatoms. The number of hydrogen-bond donors (Lipinski definition) is 2. The molecule has 1 heterocycles. The third-order valence-electron chi connectivity index (χ3n) is 5.64. The molecule has 0 radical (unpaired) electrons. The number of aliphatic hydroxyl groups excluding tert-OH is 2. The van der Waals surface area contributed by atoms with Gasteiger partial charge in [0.05, 0.1) is 13.2 Å². The summed E-state index contributed by atoms with van der Waals surface area (Å²) in [4.78, 5) is 12.7. The molecule has 2 aliphatic rings. The second kappa shape index (κ2) is 6.28. The largest absolute Gasteiger partial charge is 0.467 e. The highest BCUT2D eigenvalue weighted by Gasteiger charge is 2.65. The van der Waals surface area contributed by atoms with Gasteiger partial charge in [-0.3, -0.25) is 0 Å². The van der Waals surface area contributed by atoms with Crippen LogP contribution in [-0.4, -0.2) is 67.4 Å². The summed E-state index contributed by atoms with van der Waals surface area (Å²) in [6, 6.07) is 0. The molecule has 0 unspecified atom stereocenters. The van der Waals surface area contributed by atoms with Crippen LogP contribution in [0.25, 0.3) is 0 Å². The van der Waals surface area contributed by atoms with Crippen LogP contribution in [0.3, 0.4) is 0 Å². The smallest absolute Gasteiger partial charge is 0.339 e. The lowest BCUT2D eigenvalue weighted by atomic mass is 9.77. The summed E-state index contributed by atoms with van der Waals surface area (Å²) in [6.45, 7) is 13.6. The van der Waals surface area contributed by atoms with Gasteiger partial charge in [-0.05, 0) is 32.0 Å². The van der Waals surface area contributed by atoms with Gasteiger partial charge in [-0.1, -0.05) is 20.8 Å². The van der Waals surface area contributed by atoms with Crippen molar-refractivity contribution < 1.29 is 33.6 Å². The molecule has 1 aliphatic carbocycles. The zero-order valence-electron chi connectivity index (χ0n) is 16.5. The van der Waals surface area contributed by atoms with Crippen LogP contribution in [0.15, 0.2) is 0 Å².